The monoisotopic (exact) mass is 500 g/mol. The van der Waals surface area contributed by atoms with Crippen molar-refractivity contribution in [2.24, 2.45) is 0 Å². The summed E-state index contributed by atoms with van der Waals surface area (Å²) < 4.78 is 21.4. The second-order valence-corrected chi connectivity index (χ2v) is 8.07. The van der Waals surface area contributed by atoms with E-state index in [0.29, 0.717) is 38.9 Å². The predicted molar refractivity (Wildman–Crippen MR) is 131 cm³/mol. The number of nitrogens with one attached hydrogen (secondary N) is 1. The van der Waals surface area contributed by atoms with E-state index in [1.165, 1.54) is 43.8 Å². The summed E-state index contributed by atoms with van der Waals surface area (Å²) in [5, 5.41) is 15.6. The Hall–Kier alpha value is -4.12. The number of amides is 1. The maximum atomic E-state index is 12.8. The van der Waals surface area contributed by atoms with Crippen LogP contribution in [-0.4, -0.2) is 44.2 Å². The Balaban J connectivity index is 1.83. The smallest absolute Gasteiger partial charge is 0.341 e. The molecule has 10 nitrogen and oxygen atoms in total. The second-order valence-electron chi connectivity index (χ2n) is 7.19. The summed E-state index contributed by atoms with van der Waals surface area (Å²) in [5.41, 5.74) is 1.91. The molecule has 184 valence electrons. The van der Waals surface area contributed by atoms with Gasteiger partial charge >= 0.3 is 5.97 Å². The van der Waals surface area contributed by atoms with E-state index >= 15 is 0 Å². The van der Waals surface area contributed by atoms with Crippen molar-refractivity contribution in [1.82, 2.24) is 0 Å². The highest BCUT2D eigenvalue weighted by Gasteiger charge is 2.24. The first-order valence-corrected chi connectivity index (χ1v) is 11.4. The number of esters is 1. The summed E-state index contributed by atoms with van der Waals surface area (Å²) in [6, 6.07) is 9.33. The zero-order chi connectivity index (χ0) is 25.5. The molecule has 0 spiro atoms. The number of ether oxygens (including phenoxy) is 4. The molecule has 0 unspecified atom stereocenters. The van der Waals surface area contributed by atoms with Gasteiger partial charge < -0.3 is 24.3 Å². The molecule has 3 aromatic rings. The van der Waals surface area contributed by atoms with E-state index < -0.39 is 16.8 Å². The highest BCUT2D eigenvalue weighted by molar-refractivity contribution is 7.15. The van der Waals surface area contributed by atoms with Crippen LogP contribution in [0.5, 0.6) is 17.2 Å². The van der Waals surface area contributed by atoms with Crippen molar-refractivity contribution in [3.8, 4) is 28.4 Å². The molecule has 1 amide bonds. The third kappa shape index (κ3) is 5.87. The van der Waals surface area contributed by atoms with Gasteiger partial charge in [-0.2, -0.15) is 0 Å². The van der Waals surface area contributed by atoms with Crippen molar-refractivity contribution in [3.63, 3.8) is 0 Å². The number of nitro benzene ring substituents is 1. The topological polar surface area (TPSA) is 126 Å². The molecule has 0 radical (unpaired) electrons. The first-order valence-electron chi connectivity index (χ1n) is 10.5. The molecule has 1 N–H and O–H groups in total. The Labute approximate surface area is 205 Å². The van der Waals surface area contributed by atoms with E-state index in [4.69, 9.17) is 18.9 Å². The van der Waals surface area contributed by atoms with Gasteiger partial charge in [-0.3, -0.25) is 14.9 Å². The maximum absolute atomic E-state index is 12.8. The van der Waals surface area contributed by atoms with Gasteiger partial charge in [0.15, 0.2) is 18.1 Å². The molecule has 0 saturated carbocycles. The van der Waals surface area contributed by atoms with Crippen molar-refractivity contribution in [3.05, 3.63) is 63.0 Å². The Morgan fingerprint density at radius 3 is 2.40 bits per heavy atom. The quantitative estimate of drug-likeness (QED) is 0.238. The molecule has 0 fully saturated rings. The first kappa shape index (κ1) is 25.5. The Bertz CT molecular complexity index is 1250. The molecule has 0 aliphatic rings. The van der Waals surface area contributed by atoms with Crippen LogP contribution in [0.15, 0.2) is 41.8 Å². The average molecular weight is 501 g/mol. The van der Waals surface area contributed by atoms with E-state index in [2.05, 4.69) is 5.32 Å². The SMILES string of the molecule is CCOC(=O)c1c(-c2ccc(OC)c(OC)c2)csc1NC(=O)COc1ccc([N+](=O)[O-])cc1C. The normalized spacial score (nSPS) is 10.4. The van der Waals surface area contributed by atoms with Gasteiger partial charge in [0.05, 0.1) is 25.7 Å². The van der Waals surface area contributed by atoms with Crippen LogP contribution in [0.25, 0.3) is 11.1 Å². The summed E-state index contributed by atoms with van der Waals surface area (Å²) in [6.07, 6.45) is 0. The fraction of sp³-hybridized carbons (Fsp3) is 0.250. The zero-order valence-electron chi connectivity index (χ0n) is 19.6. The van der Waals surface area contributed by atoms with E-state index in [1.54, 1.807) is 37.4 Å². The lowest BCUT2D eigenvalue weighted by atomic mass is 10.0. The lowest BCUT2D eigenvalue weighted by Gasteiger charge is -2.12. The lowest BCUT2D eigenvalue weighted by Crippen LogP contribution is -2.21. The van der Waals surface area contributed by atoms with Crippen LogP contribution >= 0.6 is 11.3 Å². The minimum Gasteiger partial charge on any atom is -0.493 e. The van der Waals surface area contributed by atoms with Gasteiger partial charge in [-0.1, -0.05) is 6.07 Å². The third-order valence-electron chi connectivity index (χ3n) is 4.95. The second kappa shape index (κ2) is 11.3. The van der Waals surface area contributed by atoms with Crippen molar-refractivity contribution in [1.29, 1.82) is 0 Å². The fourth-order valence-corrected chi connectivity index (χ4v) is 4.26. The number of thiophene rings is 1. The van der Waals surface area contributed by atoms with Gasteiger partial charge in [-0.25, -0.2) is 4.79 Å². The summed E-state index contributed by atoms with van der Waals surface area (Å²) in [5.74, 6) is 0.281. The number of nitro groups is 1. The molecule has 0 bridgehead atoms. The molecular weight excluding hydrogens is 476 g/mol. The van der Waals surface area contributed by atoms with E-state index in [-0.39, 0.29) is 24.5 Å². The lowest BCUT2D eigenvalue weighted by molar-refractivity contribution is -0.384. The molecule has 0 atom stereocenters. The Morgan fingerprint density at radius 1 is 1.06 bits per heavy atom. The summed E-state index contributed by atoms with van der Waals surface area (Å²) in [4.78, 5) is 35.8. The molecule has 3 rings (SSSR count). The van der Waals surface area contributed by atoms with E-state index in [9.17, 15) is 19.7 Å². The van der Waals surface area contributed by atoms with Crippen molar-refractivity contribution in [2.45, 2.75) is 13.8 Å². The molecule has 35 heavy (non-hydrogen) atoms. The molecule has 0 aliphatic carbocycles. The van der Waals surface area contributed by atoms with Crippen molar-refractivity contribution in [2.75, 3.05) is 32.8 Å². The predicted octanol–water partition coefficient (Wildman–Crippen LogP) is 4.84. The van der Waals surface area contributed by atoms with Crippen LogP contribution in [0.2, 0.25) is 0 Å². The van der Waals surface area contributed by atoms with E-state index in [0.717, 1.165) is 0 Å². The van der Waals surface area contributed by atoms with Crippen LogP contribution in [0.4, 0.5) is 10.7 Å². The number of hydrogen-bond donors (Lipinski definition) is 1. The average Bonchev–Trinajstić information content (AvgIpc) is 3.26. The molecule has 11 heteroatoms. The number of non-ortho nitro benzene ring substituents is 1. The number of anilines is 1. The minimum atomic E-state index is -0.582. The minimum absolute atomic E-state index is 0.0698. The largest absolute Gasteiger partial charge is 0.493 e. The molecule has 2 aromatic carbocycles. The van der Waals surface area contributed by atoms with Gasteiger partial charge in [-0.05, 0) is 43.2 Å². The number of hydrogen-bond acceptors (Lipinski definition) is 9. The van der Waals surface area contributed by atoms with Crippen LogP contribution in [0.3, 0.4) is 0 Å². The molecule has 1 heterocycles. The zero-order valence-corrected chi connectivity index (χ0v) is 20.4. The van der Waals surface area contributed by atoms with Gasteiger partial charge in [0.2, 0.25) is 0 Å². The Morgan fingerprint density at radius 2 is 1.77 bits per heavy atom. The standard InChI is InChI=1S/C24H24N2O8S/c1-5-33-24(28)22-17(15-6-8-19(31-3)20(11-15)32-4)13-35-23(22)25-21(27)12-34-18-9-7-16(26(29)30)10-14(18)2/h6-11,13H,5,12H2,1-4H3,(H,25,27). The summed E-state index contributed by atoms with van der Waals surface area (Å²) in [6.45, 7) is 3.15. The number of aryl methyl sites for hydroxylation is 1. The number of benzene rings is 2. The number of methoxy groups -OCH3 is 2. The van der Waals surface area contributed by atoms with Crippen LogP contribution in [-0.2, 0) is 9.53 Å². The van der Waals surface area contributed by atoms with Gasteiger partial charge in [0.25, 0.3) is 11.6 Å². The highest BCUT2D eigenvalue weighted by atomic mass is 32.1. The molecule has 0 saturated heterocycles. The third-order valence-corrected chi connectivity index (χ3v) is 5.84. The van der Waals surface area contributed by atoms with Crippen molar-refractivity contribution < 1.29 is 33.5 Å². The Kier molecular flexibility index (Phi) is 8.26. The number of carbonyl (C=O) groups is 2. The first-order chi connectivity index (χ1) is 16.8. The van der Waals surface area contributed by atoms with Crippen molar-refractivity contribution >= 4 is 33.9 Å². The summed E-state index contributed by atoms with van der Waals surface area (Å²) in [7, 11) is 3.04. The number of carbonyl (C=O) groups excluding carboxylic acids is 2. The molecule has 0 aliphatic heterocycles. The molecular formula is C24H24N2O8S. The van der Waals surface area contributed by atoms with Gasteiger partial charge in [0.1, 0.15) is 16.3 Å². The van der Waals surface area contributed by atoms with Gasteiger partial charge in [-0.15, -0.1) is 11.3 Å². The van der Waals surface area contributed by atoms with Crippen LogP contribution in [0, 0.1) is 17.0 Å². The van der Waals surface area contributed by atoms with E-state index in [1.807, 2.05) is 0 Å². The maximum Gasteiger partial charge on any atom is 0.341 e. The highest BCUT2D eigenvalue weighted by Crippen LogP contribution is 2.39. The van der Waals surface area contributed by atoms with Gasteiger partial charge in [0, 0.05) is 23.1 Å². The van der Waals surface area contributed by atoms with Crippen LogP contribution in [0.1, 0.15) is 22.8 Å². The number of nitrogens with zero attached hydrogens (tertiary/aromatic N) is 1. The summed E-state index contributed by atoms with van der Waals surface area (Å²) >= 11 is 1.17. The fourth-order valence-electron chi connectivity index (χ4n) is 3.29. The van der Waals surface area contributed by atoms with Crippen LogP contribution < -0.4 is 19.5 Å². The molecule has 1 aromatic heterocycles. The number of rotatable bonds is 10.